The summed E-state index contributed by atoms with van der Waals surface area (Å²) in [6.45, 7) is 8.23. The molecular formula is C11H21N. The van der Waals surface area contributed by atoms with Crippen molar-refractivity contribution in [2.24, 2.45) is 5.41 Å². The van der Waals surface area contributed by atoms with E-state index >= 15 is 0 Å². The highest BCUT2D eigenvalue weighted by atomic mass is 14.9. The fourth-order valence-corrected chi connectivity index (χ4v) is 2.06. The molecule has 0 aromatic carbocycles. The van der Waals surface area contributed by atoms with Gasteiger partial charge < -0.3 is 5.32 Å². The normalized spacial score (nSPS) is 22.1. The van der Waals surface area contributed by atoms with E-state index in [9.17, 15) is 0 Å². The molecule has 1 aliphatic rings. The molecule has 0 aromatic rings. The lowest BCUT2D eigenvalue weighted by atomic mass is 9.76. The smallest absolute Gasteiger partial charge is 0.0132 e. The lowest BCUT2D eigenvalue weighted by Crippen LogP contribution is -2.33. The first-order chi connectivity index (χ1) is 5.77. The van der Waals surface area contributed by atoms with Crippen LogP contribution in [0.15, 0.2) is 12.7 Å². The topological polar surface area (TPSA) is 12.0 Å². The second-order valence-corrected chi connectivity index (χ2v) is 4.29. The minimum atomic E-state index is 0.571. The average Bonchev–Trinajstić information content (AvgIpc) is 2.06. The van der Waals surface area contributed by atoms with Gasteiger partial charge in [-0.2, -0.15) is 0 Å². The molecule has 0 radical (unpaired) electrons. The maximum absolute atomic E-state index is 3.70. The lowest BCUT2D eigenvalue weighted by Gasteiger charge is -2.33. The van der Waals surface area contributed by atoms with Gasteiger partial charge in [-0.25, -0.2) is 0 Å². The Kier molecular flexibility index (Phi) is 3.80. The maximum atomic E-state index is 3.70. The summed E-state index contributed by atoms with van der Waals surface area (Å²) in [5.74, 6) is 0. The van der Waals surface area contributed by atoms with E-state index in [0.717, 1.165) is 6.54 Å². The highest BCUT2D eigenvalue weighted by molar-refractivity contribution is 4.82. The summed E-state index contributed by atoms with van der Waals surface area (Å²) in [7, 11) is 0. The molecule has 1 heteroatoms. The van der Waals surface area contributed by atoms with Gasteiger partial charge in [0.15, 0.2) is 0 Å². The standard InChI is InChI=1S/C11H21N/c1-3-9-12-10-11(2)7-5-4-6-8-11/h3,12H,1,4-10H2,2H3. The van der Waals surface area contributed by atoms with Crippen LogP contribution >= 0.6 is 0 Å². The van der Waals surface area contributed by atoms with E-state index in [1.54, 1.807) is 0 Å². The summed E-state index contributed by atoms with van der Waals surface area (Å²) in [4.78, 5) is 0. The highest BCUT2D eigenvalue weighted by Crippen LogP contribution is 2.34. The molecule has 0 bridgehead atoms. The van der Waals surface area contributed by atoms with E-state index in [1.807, 2.05) is 6.08 Å². The zero-order valence-corrected chi connectivity index (χ0v) is 8.23. The molecular weight excluding hydrogens is 146 g/mol. The first-order valence-electron chi connectivity index (χ1n) is 5.08. The molecule has 0 unspecified atom stereocenters. The van der Waals surface area contributed by atoms with Crippen LogP contribution in [0, 0.1) is 5.41 Å². The van der Waals surface area contributed by atoms with Gasteiger partial charge in [0.25, 0.3) is 0 Å². The largest absolute Gasteiger partial charge is 0.313 e. The SMILES string of the molecule is C=CCNCC1(C)CCCCC1. The number of hydrogen-bond donors (Lipinski definition) is 1. The Morgan fingerprint density at radius 1 is 1.33 bits per heavy atom. The Balaban J connectivity index is 2.21. The molecule has 0 aliphatic heterocycles. The van der Waals surface area contributed by atoms with E-state index < -0.39 is 0 Å². The highest BCUT2D eigenvalue weighted by Gasteiger charge is 2.25. The third-order valence-corrected chi connectivity index (χ3v) is 2.90. The van der Waals surface area contributed by atoms with Crippen molar-refractivity contribution in [1.29, 1.82) is 0 Å². The Morgan fingerprint density at radius 3 is 2.58 bits per heavy atom. The first kappa shape index (κ1) is 9.79. The van der Waals surface area contributed by atoms with E-state index in [1.165, 1.54) is 38.6 Å². The van der Waals surface area contributed by atoms with E-state index in [-0.39, 0.29) is 0 Å². The van der Waals surface area contributed by atoms with Crippen LogP contribution in [-0.2, 0) is 0 Å². The third kappa shape index (κ3) is 2.98. The first-order valence-corrected chi connectivity index (χ1v) is 5.08. The van der Waals surface area contributed by atoms with Crippen molar-refractivity contribution in [3.63, 3.8) is 0 Å². The Bertz CT molecular complexity index is 134. The summed E-state index contributed by atoms with van der Waals surface area (Å²) < 4.78 is 0. The quantitative estimate of drug-likeness (QED) is 0.501. The Morgan fingerprint density at radius 2 is 2.00 bits per heavy atom. The van der Waals surface area contributed by atoms with Crippen LogP contribution in [0.5, 0.6) is 0 Å². The van der Waals surface area contributed by atoms with Gasteiger partial charge in [0.2, 0.25) is 0 Å². The van der Waals surface area contributed by atoms with Crippen molar-refractivity contribution in [3.05, 3.63) is 12.7 Å². The van der Waals surface area contributed by atoms with Gasteiger partial charge in [-0.15, -0.1) is 6.58 Å². The number of nitrogens with one attached hydrogen (secondary N) is 1. The van der Waals surface area contributed by atoms with Crippen molar-refractivity contribution < 1.29 is 0 Å². The van der Waals surface area contributed by atoms with Gasteiger partial charge in [0, 0.05) is 13.1 Å². The van der Waals surface area contributed by atoms with Crippen molar-refractivity contribution in [3.8, 4) is 0 Å². The van der Waals surface area contributed by atoms with Gasteiger partial charge in [0.1, 0.15) is 0 Å². The lowest BCUT2D eigenvalue weighted by molar-refractivity contribution is 0.210. The molecule has 0 spiro atoms. The van der Waals surface area contributed by atoms with Crippen molar-refractivity contribution in [2.75, 3.05) is 13.1 Å². The fraction of sp³-hybridized carbons (Fsp3) is 0.818. The molecule has 70 valence electrons. The molecule has 1 rings (SSSR count). The second kappa shape index (κ2) is 4.66. The molecule has 1 saturated carbocycles. The summed E-state index contributed by atoms with van der Waals surface area (Å²) in [6.07, 6.45) is 9.02. The monoisotopic (exact) mass is 167 g/mol. The summed E-state index contributed by atoms with van der Waals surface area (Å²) in [5.41, 5.74) is 0.571. The van der Waals surface area contributed by atoms with Crippen molar-refractivity contribution >= 4 is 0 Å². The van der Waals surface area contributed by atoms with E-state index in [4.69, 9.17) is 0 Å². The molecule has 12 heavy (non-hydrogen) atoms. The van der Waals surface area contributed by atoms with Gasteiger partial charge >= 0.3 is 0 Å². The molecule has 1 aliphatic carbocycles. The molecule has 0 amide bonds. The van der Waals surface area contributed by atoms with Crippen LogP contribution in [0.1, 0.15) is 39.0 Å². The van der Waals surface area contributed by atoms with Gasteiger partial charge in [-0.1, -0.05) is 32.3 Å². The Hall–Kier alpha value is -0.300. The average molecular weight is 167 g/mol. The summed E-state index contributed by atoms with van der Waals surface area (Å²) >= 11 is 0. The summed E-state index contributed by atoms with van der Waals surface area (Å²) in [6, 6.07) is 0. The molecule has 1 fully saturated rings. The number of hydrogen-bond acceptors (Lipinski definition) is 1. The van der Waals surface area contributed by atoms with E-state index in [0.29, 0.717) is 5.41 Å². The third-order valence-electron chi connectivity index (χ3n) is 2.90. The molecule has 0 saturated heterocycles. The minimum absolute atomic E-state index is 0.571. The van der Waals surface area contributed by atoms with Crippen LogP contribution in [-0.4, -0.2) is 13.1 Å². The molecule has 0 heterocycles. The van der Waals surface area contributed by atoms with Crippen LogP contribution in [0.4, 0.5) is 0 Å². The van der Waals surface area contributed by atoms with Crippen LogP contribution in [0.3, 0.4) is 0 Å². The molecule has 0 atom stereocenters. The minimum Gasteiger partial charge on any atom is -0.313 e. The molecule has 1 nitrogen and oxygen atoms in total. The maximum Gasteiger partial charge on any atom is 0.0132 e. The Labute approximate surface area is 76.2 Å². The predicted molar refractivity (Wildman–Crippen MR) is 54.3 cm³/mol. The fourth-order valence-electron chi connectivity index (χ4n) is 2.06. The summed E-state index contributed by atoms with van der Waals surface area (Å²) in [5, 5.41) is 3.43. The second-order valence-electron chi connectivity index (χ2n) is 4.29. The number of rotatable bonds is 4. The van der Waals surface area contributed by atoms with E-state index in [2.05, 4.69) is 18.8 Å². The van der Waals surface area contributed by atoms with Crippen molar-refractivity contribution in [2.45, 2.75) is 39.0 Å². The zero-order chi connectivity index (χ0) is 8.86. The van der Waals surface area contributed by atoms with Crippen LogP contribution in [0.2, 0.25) is 0 Å². The zero-order valence-electron chi connectivity index (χ0n) is 8.23. The van der Waals surface area contributed by atoms with Gasteiger partial charge in [-0.3, -0.25) is 0 Å². The predicted octanol–water partition coefficient (Wildman–Crippen LogP) is 2.73. The van der Waals surface area contributed by atoms with Crippen LogP contribution < -0.4 is 5.32 Å². The molecule has 1 N–H and O–H groups in total. The molecule has 0 aromatic heterocycles. The van der Waals surface area contributed by atoms with Crippen LogP contribution in [0.25, 0.3) is 0 Å². The van der Waals surface area contributed by atoms with Gasteiger partial charge in [0.05, 0.1) is 0 Å². The van der Waals surface area contributed by atoms with Crippen molar-refractivity contribution in [1.82, 2.24) is 5.32 Å². The van der Waals surface area contributed by atoms with Gasteiger partial charge in [-0.05, 0) is 18.3 Å².